The van der Waals surface area contributed by atoms with E-state index in [0.29, 0.717) is 12.6 Å². The lowest BCUT2D eigenvalue weighted by molar-refractivity contribution is 0.215. The lowest BCUT2D eigenvalue weighted by Crippen LogP contribution is -2.43. The Labute approximate surface area is 192 Å². The predicted octanol–water partition coefficient (Wildman–Crippen LogP) is 3.48. The van der Waals surface area contributed by atoms with Gasteiger partial charge < -0.3 is 10.6 Å². The zero-order valence-electron chi connectivity index (χ0n) is 17.8. The molecular formula is C22H35IN6. The van der Waals surface area contributed by atoms with E-state index in [1.165, 1.54) is 24.0 Å². The van der Waals surface area contributed by atoms with Gasteiger partial charge in [0.05, 0.1) is 13.1 Å². The molecule has 7 heteroatoms. The molecule has 0 saturated heterocycles. The molecule has 6 nitrogen and oxygen atoms in total. The van der Waals surface area contributed by atoms with Gasteiger partial charge in [0.25, 0.3) is 0 Å². The topological polar surface area (TPSA) is 57.5 Å². The Morgan fingerprint density at radius 3 is 2.59 bits per heavy atom. The quantitative estimate of drug-likeness (QED) is 0.292. The lowest BCUT2D eigenvalue weighted by atomic mass is 10.1. The van der Waals surface area contributed by atoms with Crippen LogP contribution in [0.15, 0.2) is 47.7 Å². The minimum absolute atomic E-state index is 0. The second-order valence-corrected chi connectivity index (χ2v) is 7.66. The summed E-state index contributed by atoms with van der Waals surface area (Å²) in [5.41, 5.74) is 2.49. The molecule has 1 aromatic carbocycles. The molecule has 2 N–H and O–H groups in total. The molecule has 0 aliphatic heterocycles. The third-order valence-corrected chi connectivity index (χ3v) is 5.10. The summed E-state index contributed by atoms with van der Waals surface area (Å²) in [7, 11) is 0. The molecule has 3 rings (SSSR count). The molecule has 29 heavy (non-hydrogen) atoms. The van der Waals surface area contributed by atoms with Crippen molar-refractivity contribution in [3.63, 3.8) is 0 Å². The van der Waals surface area contributed by atoms with Crippen molar-refractivity contribution in [1.82, 2.24) is 25.3 Å². The average Bonchev–Trinajstić information content (AvgIpc) is 3.39. The van der Waals surface area contributed by atoms with Gasteiger partial charge in [0.1, 0.15) is 0 Å². The minimum Gasteiger partial charge on any atom is -0.357 e. The van der Waals surface area contributed by atoms with Crippen LogP contribution >= 0.6 is 24.0 Å². The number of nitrogens with zero attached hydrogens (tertiary/aromatic N) is 4. The van der Waals surface area contributed by atoms with E-state index in [0.717, 1.165) is 38.2 Å². The maximum absolute atomic E-state index is 4.82. The van der Waals surface area contributed by atoms with Crippen LogP contribution < -0.4 is 10.6 Å². The van der Waals surface area contributed by atoms with Gasteiger partial charge in [0.2, 0.25) is 0 Å². The van der Waals surface area contributed by atoms with Crippen molar-refractivity contribution < 1.29 is 0 Å². The van der Waals surface area contributed by atoms with E-state index >= 15 is 0 Å². The van der Waals surface area contributed by atoms with E-state index in [4.69, 9.17) is 4.99 Å². The summed E-state index contributed by atoms with van der Waals surface area (Å²) in [6, 6.07) is 11.8. The van der Waals surface area contributed by atoms with E-state index in [1.54, 1.807) is 0 Å². The van der Waals surface area contributed by atoms with Gasteiger partial charge in [-0.15, -0.1) is 24.0 Å². The summed E-state index contributed by atoms with van der Waals surface area (Å²) in [6.45, 7) is 10.9. The van der Waals surface area contributed by atoms with Crippen LogP contribution in [0.5, 0.6) is 0 Å². The predicted molar refractivity (Wildman–Crippen MR) is 131 cm³/mol. The fourth-order valence-electron chi connectivity index (χ4n) is 3.51. The van der Waals surface area contributed by atoms with Gasteiger partial charge in [0.15, 0.2) is 5.96 Å². The van der Waals surface area contributed by atoms with Crippen LogP contribution in [-0.4, -0.2) is 52.4 Å². The third-order valence-electron chi connectivity index (χ3n) is 5.10. The molecule has 1 heterocycles. The number of halogens is 1. The van der Waals surface area contributed by atoms with Crippen LogP contribution in [0, 0.1) is 0 Å². The number of hydrogen-bond acceptors (Lipinski definition) is 3. The fraction of sp³-hybridized carbons (Fsp3) is 0.545. The molecule has 1 fully saturated rings. The fourth-order valence-corrected chi connectivity index (χ4v) is 3.51. The molecule has 0 unspecified atom stereocenters. The molecular weight excluding hydrogens is 475 g/mol. The number of benzene rings is 1. The Morgan fingerprint density at radius 1 is 1.21 bits per heavy atom. The second kappa shape index (κ2) is 12.2. The lowest BCUT2D eigenvalue weighted by Gasteiger charge is -2.26. The molecule has 160 valence electrons. The molecule has 0 radical (unpaired) electrons. The number of aromatic nitrogens is 2. The molecule has 0 spiro atoms. The van der Waals surface area contributed by atoms with Crippen molar-refractivity contribution in [2.45, 2.75) is 58.8 Å². The first kappa shape index (κ1) is 23.7. The van der Waals surface area contributed by atoms with Crippen LogP contribution in [0.1, 0.15) is 44.7 Å². The summed E-state index contributed by atoms with van der Waals surface area (Å²) in [6.07, 6.45) is 6.50. The SMILES string of the molecule is CCNC(=NCc1ccccc1Cn1cccn1)NCCN(C(C)C)C1CC1.I. The molecule has 1 aromatic heterocycles. The van der Waals surface area contributed by atoms with Crippen molar-refractivity contribution in [1.29, 1.82) is 0 Å². The van der Waals surface area contributed by atoms with E-state index in [-0.39, 0.29) is 24.0 Å². The smallest absolute Gasteiger partial charge is 0.191 e. The summed E-state index contributed by atoms with van der Waals surface area (Å²) < 4.78 is 1.95. The van der Waals surface area contributed by atoms with Crippen molar-refractivity contribution in [2.24, 2.45) is 4.99 Å². The molecule has 0 bridgehead atoms. The van der Waals surface area contributed by atoms with E-state index in [1.807, 2.05) is 23.1 Å². The molecule has 1 aliphatic carbocycles. The van der Waals surface area contributed by atoms with Crippen LogP contribution in [0.4, 0.5) is 0 Å². The van der Waals surface area contributed by atoms with Crippen molar-refractivity contribution in [3.8, 4) is 0 Å². The van der Waals surface area contributed by atoms with Crippen LogP contribution in [-0.2, 0) is 13.1 Å². The zero-order chi connectivity index (χ0) is 19.8. The molecule has 1 aliphatic rings. The first-order chi connectivity index (χ1) is 13.7. The Balaban J connectivity index is 0.00000300. The van der Waals surface area contributed by atoms with Crippen molar-refractivity contribution in [2.75, 3.05) is 19.6 Å². The van der Waals surface area contributed by atoms with Gasteiger partial charge in [-0.05, 0) is 50.8 Å². The zero-order valence-corrected chi connectivity index (χ0v) is 20.2. The van der Waals surface area contributed by atoms with Gasteiger partial charge in [0, 0.05) is 44.1 Å². The van der Waals surface area contributed by atoms with Gasteiger partial charge in [-0.1, -0.05) is 24.3 Å². The molecule has 0 amide bonds. The maximum Gasteiger partial charge on any atom is 0.191 e. The van der Waals surface area contributed by atoms with Crippen molar-refractivity contribution in [3.05, 3.63) is 53.9 Å². The van der Waals surface area contributed by atoms with Gasteiger partial charge in [-0.25, -0.2) is 4.99 Å². The Bertz CT molecular complexity index is 738. The summed E-state index contributed by atoms with van der Waals surface area (Å²) in [5.74, 6) is 0.885. The Hall–Kier alpha value is -1.61. The standard InChI is InChI=1S/C22H34N6.HI/c1-4-23-22(24-13-15-28(18(2)3)21-10-11-21)25-16-19-8-5-6-9-20(19)17-27-14-7-12-26-27;/h5-9,12,14,18,21H,4,10-11,13,15-17H2,1-3H3,(H2,23,24,25);1H. The highest BCUT2D eigenvalue weighted by Gasteiger charge is 2.30. The molecule has 2 aromatic rings. The summed E-state index contributed by atoms with van der Waals surface area (Å²) >= 11 is 0. The average molecular weight is 510 g/mol. The highest BCUT2D eigenvalue weighted by atomic mass is 127. The number of aliphatic imine (C=N–C) groups is 1. The van der Waals surface area contributed by atoms with E-state index < -0.39 is 0 Å². The van der Waals surface area contributed by atoms with Crippen LogP contribution in [0.2, 0.25) is 0 Å². The monoisotopic (exact) mass is 510 g/mol. The number of rotatable bonds is 10. The highest BCUT2D eigenvalue weighted by molar-refractivity contribution is 14.0. The first-order valence-corrected chi connectivity index (χ1v) is 10.5. The second-order valence-electron chi connectivity index (χ2n) is 7.66. The Kier molecular flexibility index (Phi) is 9.93. The normalized spacial score (nSPS) is 14.2. The first-order valence-electron chi connectivity index (χ1n) is 10.5. The number of hydrogen-bond donors (Lipinski definition) is 2. The van der Waals surface area contributed by atoms with Gasteiger partial charge in [-0.2, -0.15) is 5.10 Å². The highest BCUT2D eigenvalue weighted by Crippen LogP contribution is 2.27. The van der Waals surface area contributed by atoms with E-state index in [2.05, 4.69) is 65.7 Å². The van der Waals surface area contributed by atoms with Crippen LogP contribution in [0.25, 0.3) is 0 Å². The molecule has 0 atom stereocenters. The maximum atomic E-state index is 4.82. The Morgan fingerprint density at radius 2 is 1.97 bits per heavy atom. The number of nitrogens with one attached hydrogen (secondary N) is 2. The summed E-state index contributed by atoms with van der Waals surface area (Å²) in [5, 5.41) is 11.2. The largest absolute Gasteiger partial charge is 0.357 e. The summed E-state index contributed by atoms with van der Waals surface area (Å²) in [4.78, 5) is 7.42. The minimum atomic E-state index is 0. The van der Waals surface area contributed by atoms with Gasteiger partial charge in [-0.3, -0.25) is 9.58 Å². The third kappa shape index (κ3) is 7.62. The van der Waals surface area contributed by atoms with Gasteiger partial charge >= 0.3 is 0 Å². The van der Waals surface area contributed by atoms with E-state index in [9.17, 15) is 0 Å². The number of guanidine groups is 1. The molecule has 1 saturated carbocycles. The van der Waals surface area contributed by atoms with Crippen LogP contribution in [0.3, 0.4) is 0 Å². The van der Waals surface area contributed by atoms with Crippen molar-refractivity contribution >= 4 is 29.9 Å².